The van der Waals surface area contributed by atoms with Crippen molar-refractivity contribution in [1.82, 2.24) is 4.98 Å². The van der Waals surface area contributed by atoms with Crippen LogP contribution in [0.1, 0.15) is 30.0 Å². The fourth-order valence-electron chi connectivity index (χ4n) is 2.73. The lowest BCUT2D eigenvalue weighted by atomic mass is 10.0. The summed E-state index contributed by atoms with van der Waals surface area (Å²) >= 11 is 0. The van der Waals surface area contributed by atoms with E-state index in [2.05, 4.69) is 66.6 Å². The Labute approximate surface area is 127 Å². The van der Waals surface area contributed by atoms with Crippen LogP contribution in [0, 0.1) is 12.8 Å². The number of aryl methyl sites for hydroxylation is 1. The Hall–Kier alpha value is -2.03. The van der Waals surface area contributed by atoms with E-state index in [0.29, 0.717) is 6.04 Å². The Bertz CT molecular complexity index is 600. The molecule has 1 unspecified atom stereocenters. The van der Waals surface area contributed by atoms with Crippen molar-refractivity contribution in [2.45, 2.75) is 25.8 Å². The summed E-state index contributed by atoms with van der Waals surface area (Å²) in [6, 6.07) is 11.3. The van der Waals surface area contributed by atoms with Gasteiger partial charge in [0.1, 0.15) is 0 Å². The number of aromatic nitrogens is 1. The summed E-state index contributed by atoms with van der Waals surface area (Å²) in [6.45, 7) is 2.13. The average Bonchev–Trinajstić information content (AvgIpc) is 3.31. The summed E-state index contributed by atoms with van der Waals surface area (Å²) in [4.78, 5) is 6.41. The molecule has 0 aliphatic heterocycles. The minimum Gasteiger partial charge on any atom is -0.376 e. The smallest absolute Gasteiger partial charge is 0.0769 e. The molecule has 1 fully saturated rings. The fourth-order valence-corrected chi connectivity index (χ4v) is 2.73. The molecule has 1 saturated carbocycles. The molecule has 0 amide bonds. The number of anilines is 2. The van der Waals surface area contributed by atoms with E-state index in [1.807, 2.05) is 12.4 Å². The second kappa shape index (κ2) is 5.76. The van der Waals surface area contributed by atoms with Crippen LogP contribution in [-0.4, -0.2) is 19.1 Å². The monoisotopic (exact) mass is 281 g/mol. The highest BCUT2D eigenvalue weighted by molar-refractivity contribution is 5.68. The van der Waals surface area contributed by atoms with E-state index >= 15 is 0 Å². The molecule has 21 heavy (non-hydrogen) atoms. The number of benzene rings is 1. The molecule has 1 heterocycles. The SMILES string of the molecule is Cc1ccc(C(Nc2cnccc2N(C)C)C2CC2)cc1. The van der Waals surface area contributed by atoms with Crippen LogP contribution < -0.4 is 10.2 Å². The summed E-state index contributed by atoms with van der Waals surface area (Å²) in [5, 5.41) is 3.72. The van der Waals surface area contributed by atoms with Gasteiger partial charge in [-0.25, -0.2) is 0 Å². The molecule has 1 aliphatic carbocycles. The number of hydrogen-bond donors (Lipinski definition) is 1. The third kappa shape index (κ3) is 3.18. The summed E-state index contributed by atoms with van der Waals surface area (Å²) in [5.74, 6) is 0.739. The molecule has 2 aromatic rings. The topological polar surface area (TPSA) is 28.2 Å². The summed E-state index contributed by atoms with van der Waals surface area (Å²) < 4.78 is 0. The minimum atomic E-state index is 0.383. The van der Waals surface area contributed by atoms with Gasteiger partial charge in [-0.3, -0.25) is 4.98 Å². The lowest BCUT2D eigenvalue weighted by Gasteiger charge is -2.24. The van der Waals surface area contributed by atoms with Crippen molar-refractivity contribution < 1.29 is 0 Å². The molecule has 0 bridgehead atoms. The van der Waals surface area contributed by atoms with Gasteiger partial charge in [-0.15, -0.1) is 0 Å². The van der Waals surface area contributed by atoms with E-state index in [-0.39, 0.29) is 0 Å². The van der Waals surface area contributed by atoms with Gasteiger partial charge in [-0.05, 0) is 37.3 Å². The molecule has 1 aromatic carbocycles. The molecule has 0 spiro atoms. The normalized spacial score (nSPS) is 15.6. The van der Waals surface area contributed by atoms with Gasteiger partial charge in [0.15, 0.2) is 0 Å². The van der Waals surface area contributed by atoms with Crippen molar-refractivity contribution in [2.24, 2.45) is 5.92 Å². The number of nitrogens with zero attached hydrogens (tertiary/aromatic N) is 2. The zero-order valence-electron chi connectivity index (χ0n) is 13.0. The number of rotatable bonds is 5. The molecule has 3 rings (SSSR count). The second-order valence-corrected chi connectivity index (χ2v) is 6.16. The maximum atomic E-state index is 4.28. The van der Waals surface area contributed by atoms with Crippen LogP contribution in [0.25, 0.3) is 0 Å². The van der Waals surface area contributed by atoms with Crippen molar-refractivity contribution in [3.8, 4) is 0 Å². The number of pyridine rings is 1. The summed E-state index contributed by atoms with van der Waals surface area (Å²) in [5.41, 5.74) is 4.98. The van der Waals surface area contributed by atoms with Gasteiger partial charge < -0.3 is 10.2 Å². The van der Waals surface area contributed by atoms with Gasteiger partial charge in [0.25, 0.3) is 0 Å². The second-order valence-electron chi connectivity index (χ2n) is 6.16. The molecule has 110 valence electrons. The van der Waals surface area contributed by atoms with E-state index in [0.717, 1.165) is 11.6 Å². The summed E-state index contributed by atoms with van der Waals surface area (Å²) in [6.07, 6.45) is 6.39. The average molecular weight is 281 g/mol. The first-order valence-electron chi connectivity index (χ1n) is 7.59. The van der Waals surface area contributed by atoms with Gasteiger partial charge in [-0.2, -0.15) is 0 Å². The standard InChI is InChI=1S/C18H23N3/c1-13-4-6-14(7-5-13)18(15-8-9-15)20-16-12-19-11-10-17(16)21(2)3/h4-7,10-12,15,18,20H,8-9H2,1-3H3. The molecule has 1 aromatic heterocycles. The van der Waals surface area contributed by atoms with E-state index in [4.69, 9.17) is 0 Å². The molecule has 1 N–H and O–H groups in total. The molecule has 3 heteroatoms. The van der Waals surface area contributed by atoms with Crippen molar-refractivity contribution in [3.63, 3.8) is 0 Å². The lowest BCUT2D eigenvalue weighted by molar-refractivity contribution is 0.678. The van der Waals surface area contributed by atoms with Crippen molar-refractivity contribution >= 4 is 11.4 Å². The zero-order chi connectivity index (χ0) is 14.8. The van der Waals surface area contributed by atoms with Crippen LogP contribution in [0.15, 0.2) is 42.7 Å². The Kier molecular flexibility index (Phi) is 3.82. The van der Waals surface area contributed by atoms with Gasteiger partial charge in [0.2, 0.25) is 0 Å². The largest absolute Gasteiger partial charge is 0.376 e. The van der Waals surface area contributed by atoms with E-state index in [1.165, 1.54) is 29.7 Å². The molecular formula is C18H23N3. The Morgan fingerprint density at radius 2 is 1.86 bits per heavy atom. The zero-order valence-corrected chi connectivity index (χ0v) is 13.0. The maximum absolute atomic E-state index is 4.28. The third-order valence-electron chi connectivity index (χ3n) is 4.12. The van der Waals surface area contributed by atoms with Crippen LogP contribution in [0.5, 0.6) is 0 Å². The first kappa shape index (κ1) is 13.9. The maximum Gasteiger partial charge on any atom is 0.0769 e. The van der Waals surface area contributed by atoms with Crippen molar-refractivity contribution in [2.75, 3.05) is 24.3 Å². The van der Waals surface area contributed by atoms with E-state index in [1.54, 1.807) is 0 Å². The molecular weight excluding hydrogens is 258 g/mol. The molecule has 0 saturated heterocycles. The molecule has 3 nitrogen and oxygen atoms in total. The highest BCUT2D eigenvalue weighted by Gasteiger charge is 2.32. The van der Waals surface area contributed by atoms with Crippen LogP contribution in [0.3, 0.4) is 0 Å². The van der Waals surface area contributed by atoms with Crippen LogP contribution in [-0.2, 0) is 0 Å². The predicted octanol–water partition coefficient (Wildman–Crippen LogP) is 4.02. The van der Waals surface area contributed by atoms with Crippen molar-refractivity contribution in [1.29, 1.82) is 0 Å². The first-order chi connectivity index (χ1) is 10.1. The van der Waals surface area contributed by atoms with Gasteiger partial charge in [0, 0.05) is 20.3 Å². The lowest BCUT2D eigenvalue weighted by Crippen LogP contribution is -2.17. The minimum absolute atomic E-state index is 0.383. The highest BCUT2D eigenvalue weighted by atomic mass is 15.1. The highest BCUT2D eigenvalue weighted by Crippen LogP contribution is 2.43. The Morgan fingerprint density at radius 3 is 2.48 bits per heavy atom. The molecule has 1 aliphatic rings. The van der Waals surface area contributed by atoms with Gasteiger partial charge >= 0.3 is 0 Å². The summed E-state index contributed by atoms with van der Waals surface area (Å²) in [7, 11) is 4.14. The quantitative estimate of drug-likeness (QED) is 0.897. The van der Waals surface area contributed by atoms with Crippen LogP contribution in [0.4, 0.5) is 11.4 Å². The van der Waals surface area contributed by atoms with Crippen molar-refractivity contribution in [3.05, 3.63) is 53.9 Å². The third-order valence-corrected chi connectivity index (χ3v) is 4.12. The molecule has 0 radical (unpaired) electrons. The number of nitrogens with one attached hydrogen (secondary N) is 1. The van der Waals surface area contributed by atoms with Gasteiger partial charge in [-0.1, -0.05) is 29.8 Å². The van der Waals surface area contributed by atoms with Crippen LogP contribution in [0.2, 0.25) is 0 Å². The van der Waals surface area contributed by atoms with E-state index in [9.17, 15) is 0 Å². The molecule has 1 atom stereocenters. The first-order valence-corrected chi connectivity index (χ1v) is 7.59. The van der Waals surface area contributed by atoms with E-state index < -0.39 is 0 Å². The Morgan fingerprint density at radius 1 is 1.14 bits per heavy atom. The van der Waals surface area contributed by atoms with Crippen LogP contribution >= 0.6 is 0 Å². The fraction of sp³-hybridized carbons (Fsp3) is 0.389. The predicted molar refractivity (Wildman–Crippen MR) is 88.8 cm³/mol. The Balaban J connectivity index is 1.88. The van der Waals surface area contributed by atoms with Gasteiger partial charge in [0.05, 0.1) is 23.6 Å². The number of hydrogen-bond acceptors (Lipinski definition) is 3.